The molecule has 2 aliphatic rings. The van der Waals surface area contributed by atoms with Crippen LogP contribution >= 0.6 is 0 Å². The second-order valence-corrected chi connectivity index (χ2v) is 8.47. The Morgan fingerprint density at radius 2 is 2.03 bits per heavy atom. The second kappa shape index (κ2) is 9.35. The van der Waals surface area contributed by atoms with Gasteiger partial charge in [0.15, 0.2) is 0 Å². The van der Waals surface area contributed by atoms with Crippen molar-refractivity contribution >= 4 is 11.8 Å². The first-order chi connectivity index (χ1) is 13.9. The molecule has 5 N–H and O–H groups in total. The van der Waals surface area contributed by atoms with Gasteiger partial charge in [-0.3, -0.25) is 4.98 Å². The Labute approximate surface area is 172 Å². The zero-order valence-electron chi connectivity index (χ0n) is 17.4. The highest BCUT2D eigenvalue weighted by molar-refractivity contribution is 5.69. The predicted molar refractivity (Wildman–Crippen MR) is 111 cm³/mol. The van der Waals surface area contributed by atoms with E-state index in [0.29, 0.717) is 23.7 Å². The van der Waals surface area contributed by atoms with E-state index in [2.05, 4.69) is 17.2 Å². The Bertz CT molecular complexity index is 722. The fraction of sp³-hybridized carbons (Fsp3) is 0.619. The molecule has 0 unspecified atom stereocenters. The number of nitrogens with one attached hydrogen (secondary N) is 1. The molecule has 3 rings (SSSR count). The van der Waals surface area contributed by atoms with Crippen molar-refractivity contribution < 1.29 is 14.3 Å². The SMILES string of the molecule is CN(N)/C(CNC(=O)OCC1(C)CC1)=C(\N)c1ccc(OC2CCCCC2)cn1. The molecule has 8 nitrogen and oxygen atoms in total. The summed E-state index contributed by atoms with van der Waals surface area (Å²) >= 11 is 0. The van der Waals surface area contributed by atoms with Crippen LogP contribution in [0.4, 0.5) is 4.79 Å². The molecule has 0 aromatic carbocycles. The van der Waals surface area contributed by atoms with E-state index in [1.54, 1.807) is 13.2 Å². The van der Waals surface area contributed by atoms with Gasteiger partial charge in [-0.25, -0.2) is 10.6 Å². The molecule has 1 aromatic rings. The van der Waals surface area contributed by atoms with Gasteiger partial charge in [-0.15, -0.1) is 0 Å². The van der Waals surface area contributed by atoms with E-state index in [9.17, 15) is 4.79 Å². The van der Waals surface area contributed by atoms with Crippen molar-refractivity contribution in [2.75, 3.05) is 20.2 Å². The number of likely N-dealkylation sites (N-methyl/N-ethyl adjacent to an activating group) is 1. The zero-order valence-corrected chi connectivity index (χ0v) is 17.4. The van der Waals surface area contributed by atoms with Gasteiger partial charge in [-0.2, -0.15) is 0 Å². The number of nitrogens with two attached hydrogens (primary N) is 2. The van der Waals surface area contributed by atoms with Crippen molar-refractivity contribution in [1.29, 1.82) is 0 Å². The van der Waals surface area contributed by atoms with Crippen LogP contribution in [-0.4, -0.2) is 42.4 Å². The van der Waals surface area contributed by atoms with Gasteiger partial charge < -0.3 is 25.5 Å². The molecule has 2 aliphatic carbocycles. The molecule has 0 aliphatic heterocycles. The molecular formula is C21H33N5O3. The Morgan fingerprint density at radius 3 is 2.62 bits per heavy atom. The predicted octanol–water partition coefficient (Wildman–Crippen LogP) is 2.75. The maximum absolute atomic E-state index is 11.9. The topological polar surface area (TPSA) is 116 Å². The lowest BCUT2D eigenvalue weighted by atomic mass is 9.98. The molecule has 0 spiro atoms. The van der Waals surface area contributed by atoms with Gasteiger partial charge in [-0.1, -0.05) is 13.3 Å². The second-order valence-electron chi connectivity index (χ2n) is 8.47. The minimum Gasteiger partial charge on any atom is -0.489 e. The van der Waals surface area contributed by atoms with Gasteiger partial charge >= 0.3 is 6.09 Å². The lowest BCUT2D eigenvalue weighted by Crippen LogP contribution is -2.37. The number of hydrogen-bond donors (Lipinski definition) is 3. The molecule has 0 atom stereocenters. The van der Waals surface area contributed by atoms with Crippen LogP contribution in [0.5, 0.6) is 5.75 Å². The molecule has 29 heavy (non-hydrogen) atoms. The largest absolute Gasteiger partial charge is 0.489 e. The third kappa shape index (κ3) is 6.25. The number of hydrogen-bond acceptors (Lipinski definition) is 7. The highest BCUT2D eigenvalue weighted by Crippen LogP contribution is 2.44. The van der Waals surface area contributed by atoms with Crippen LogP contribution in [0.1, 0.15) is 57.6 Å². The summed E-state index contributed by atoms with van der Waals surface area (Å²) in [5.74, 6) is 6.66. The summed E-state index contributed by atoms with van der Waals surface area (Å²) in [6, 6.07) is 3.68. The van der Waals surface area contributed by atoms with Crippen molar-refractivity contribution in [3.8, 4) is 5.75 Å². The third-order valence-corrected chi connectivity index (χ3v) is 5.66. The molecule has 2 fully saturated rings. The molecule has 0 radical (unpaired) electrons. The van der Waals surface area contributed by atoms with Gasteiger partial charge in [-0.05, 0) is 50.7 Å². The summed E-state index contributed by atoms with van der Waals surface area (Å²) in [5, 5.41) is 4.09. The number of amides is 1. The summed E-state index contributed by atoms with van der Waals surface area (Å²) in [6.07, 6.45) is 9.56. The van der Waals surface area contributed by atoms with Gasteiger partial charge in [0.25, 0.3) is 0 Å². The van der Waals surface area contributed by atoms with Gasteiger partial charge in [0.1, 0.15) is 5.75 Å². The standard InChI is InChI=1S/C21H33N5O3/c1-21(10-11-21)14-28-20(27)25-13-18(26(2)23)19(22)17-9-8-16(12-24-17)29-15-6-4-3-5-7-15/h8-9,12,15H,3-7,10-11,13-14,22-23H2,1-2H3,(H,25,27)/b19-18-. The number of aromatic nitrogens is 1. The summed E-state index contributed by atoms with van der Waals surface area (Å²) in [4.78, 5) is 16.4. The minimum absolute atomic E-state index is 0.144. The Hall–Kier alpha value is -2.48. The highest BCUT2D eigenvalue weighted by atomic mass is 16.5. The zero-order chi connectivity index (χ0) is 20.9. The fourth-order valence-electron chi connectivity index (χ4n) is 3.35. The lowest BCUT2D eigenvalue weighted by molar-refractivity contribution is 0.125. The molecule has 0 saturated heterocycles. The quantitative estimate of drug-likeness (QED) is 0.451. The number of carbonyl (C=O) groups excluding carboxylic acids is 1. The van der Waals surface area contributed by atoms with Crippen LogP contribution in [0.2, 0.25) is 0 Å². The Balaban J connectivity index is 1.58. The third-order valence-electron chi connectivity index (χ3n) is 5.66. The molecular weight excluding hydrogens is 370 g/mol. The van der Waals surface area contributed by atoms with Crippen LogP contribution in [0.15, 0.2) is 24.0 Å². The van der Waals surface area contributed by atoms with Gasteiger partial charge in [0.05, 0.1) is 42.5 Å². The van der Waals surface area contributed by atoms with E-state index in [-0.39, 0.29) is 18.1 Å². The van der Waals surface area contributed by atoms with Crippen LogP contribution in [-0.2, 0) is 4.74 Å². The van der Waals surface area contributed by atoms with E-state index < -0.39 is 6.09 Å². The molecule has 1 amide bonds. The first-order valence-electron chi connectivity index (χ1n) is 10.4. The molecule has 160 valence electrons. The monoisotopic (exact) mass is 403 g/mol. The number of ether oxygens (including phenoxy) is 2. The summed E-state index contributed by atoms with van der Waals surface area (Å²) in [7, 11) is 1.67. The molecule has 1 heterocycles. The van der Waals surface area contributed by atoms with Crippen LogP contribution in [0, 0.1) is 5.41 Å². The van der Waals surface area contributed by atoms with Crippen LogP contribution in [0.25, 0.3) is 5.70 Å². The number of pyridine rings is 1. The van der Waals surface area contributed by atoms with Crippen molar-refractivity contribution in [3.05, 3.63) is 29.7 Å². The van der Waals surface area contributed by atoms with Crippen LogP contribution < -0.4 is 21.6 Å². The van der Waals surface area contributed by atoms with E-state index >= 15 is 0 Å². The maximum Gasteiger partial charge on any atom is 0.407 e. The number of rotatable bonds is 8. The highest BCUT2D eigenvalue weighted by Gasteiger charge is 2.38. The van der Waals surface area contributed by atoms with E-state index in [0.717, 1.165) is 31.4 Å². The minimum atomic E-state index is -0.477. The van der Waals surface area contributed by atoms with Crippen molar-refractivity contribution in [1.82, 2.24) is 15.3 Å². The summed E-state index contributed by atoms with van der Waals surface area (Å²) in [6.45, 7) is 2.68. The van der Waals surface area contributed by atoms with Crippen LogP contribution in [0.3, 0.4) is 0 Å². The van der Waals surface area contributed by atoms with Crippen molar-refractivity contribution in [2.45, 2.75) is 58.0 Å². The average molecular weight is 404 g/mol. The van der Waals surface area contributed by atoms with Crippen molar-refractivity contribution in [3.63, 3.8) is 0 Å². The van der Waals surface area contributed by atoms with Gasteiger partial charge in [0.2, 0.25) is 0 Å². The molecule has 0 bridgehead atoms. The van der Waals surface area contributed by atoms with E-state index in [1.807, 2.05) is 12.1 Å². The summed E-state index contributed by atoms with van der Waals surface area (Å²) < 4.78 is 11.3. The fourth-order valence-corrected chi connectivity index (χ4v) is 3.35. The van der Waals surface area contributed by atoms with Crippen molar-refractivity contribution in [2.24, 2.45) is 17.0 Å². The number of nitrogens with zero attached hydrogens (tertiary/aromatic N) is 2. The number of alkyl carbamates (subject to hydrolysis) is 1. The number of carbonyl (C=O) groups is 1. The van der Waals surface area contributed by atoms with E-state index in [4.69, 9.17) is 21.1 Å². The first-order valence-corrected chi connectivity index (χ1v) is 10.4. The maximum atomic E-state index is 11.9. The molecule has 2 saturated carbocycles. The molecule has 8 heteroatoms. The average Bonchev–Trinajstić information content (AvgIpc) is 3.45. The molecule has 1 aromatic heterocycles. The Morgan fingerprint density at radius 1 is 1.31 bits per heavy atom. The number of hydrazine groups is 1. The van der Waals surface area contributed by atoms with E-state index in [1.165, 1.54) is 24.3 Å². The first kappa shape index (κ1) is 21.2. The normalized spacial score (nSPS) is 19.1. The lowest BCUT2D eigenvalue weighted by Gasteiger charge is -2.23. The van der Waals surface area contributed by atoms with Gasteiger partial charge in [0, 0.05) is 12.5 Å². The smallest absolute Gasteiger partial charge is 0.407 e. The summed E-state index contributed by atoms with van der Waals surface area (Å²) in [5.41, 5.74) is 7.94. The Kier molecular flexibility index (Phi) is 6.84.